The van der Waals surface area contributed by atoms with E-state index in [0.29, 0.717) is 0 Å². The largest absolute Gasteiger partial charge is 0.422 e. The first-order chi connectivity index (χ1) is 11.3. The highest BCUT2D eigenvalue weighted by molar-refractivity contribution is 5.68. The van der Waals surface area contributed by atoms with Crippen molar-refractivity contribution >= 4 is 0 Å². The van der Waals surface area contributed by atoms with Gasteiger partial charge in [-0.15, -0.1) is 0 Å². The molecule has 0 aliphatic rings. The molecule has 0 nitrogen and oxygen atoms in total. The topological polar surface area (TPSA) is 0 Å². The molecule has 0 amide bonds. The lowest BCUT2D eigenvalue weighted by Crippen LogP contribution is -2.17. The molecule has 2 aromatic carbocycles. The summed E-state index contributed by atoms with van der Waals surface area (Å²) < 4.78 is 158. The zero-order valence-corrected chi connectivity index (χ0v) is 11.0. The highest BCUT2D eigenvalue weighted by Gasteiger charge is 2.44. The van der Waals surface area contributed by atoms with Gasteiger partial charge < -0.3 is 0 Å². The summed E-state index contributed by atoms with van der Waals surface area (Å²) in [6.07, 6.45) is -6.01. The van der Waals surface area contributed by atoms with Gasteiger partial charge in [-0.3, -0.25) is 0 Å². The van der Waals surface area contributed by atoms with Crippen LogP contribution in [0, 0.1) is 52.4 Å². The molecule has 0 aromatic heterocycles. The Morgan fingerprint density at radius 2 is 0.640 bits per heavy atom. The molecule has 2 aromatic rings. The van der Waals surface area contributed by atoms with Gasteiger partial charge in [0, 0.05) is 0 Å². The van der Waals surface area contributed by atoms with Gasteiger partial charge in [-0.1, -0.05) is 0 Å². The van der Waals surface area contributed by atoms with Crippen molar-refractivity contribution in [3.8, 4) is 11.1 Å². The van der Waals surface area contributed by atoms with Gasteiger partial charge >= 0.3 is 6.18 Å². The molecule has 0 fully saturated rings. The van der Waals surface area contributed by atoms with Gasteiger partial charge in [0.15, 0.2) is 40.7 Å². The number of rotatable bonds is 1. The van der Waals surface area contributed by atoms with Crippen LogP contribution in [0.1, 0.15) is 5.56 Å². The van der Waals surface area contributed by atoms with E-state index in [1.807, 2.05) is 0 Å². The fourth-order valence-electron chi connectivity index (χ4n) is 1.93. The Kier molecular flexibility index (Phi) is 4.43. The van der Waals surface area contributed by atoms with Crippen LogP contribution in [-0.4, -0.2) is 0 Å². The molecule has 25 heavy (non-hydrogen) atoms. The van der Waals surface area contributed by atoms with Crippen molar-refractivity contribution in [1.82, 2.24) is 0 Å². The summed E-state index contributed by atoms with van der Waals surface area (Å²) in [6, 6.07) is 0. The van der Waals surface area contributed by atoms with Crippen LogP contribution in [0.25, 0.3) is 11.1 Å². The Hall–Kier alpha value is -2.40. The van der Waals surface area contributed by atoms with E-state index < -0.39 is 75.2 Å². The number of hydrogen-bond donors (Lipinski definition) is 0. The second-order valence-corrected chi connectivity index (χ2v) is 4.45. The molecule has 0 radical (unpaired) electrons. The molecule has 0 aliphatic heterocycles. The summed E-state index contributed by atoms with van der Waals surface area (Å²) in [5.74, 6) is -26.3. The minimum Gasteiger partial charge on any atom is -0.205 e. The first-order valence-corrected chi connectivity index (χ1v) is 5.77. The lowest BCUT2D eigenvalue weighted by atomic mass is 9.98. The van der Waals surface area contributed by atoms with E-state index in [1.54, 1.807) is 0 Å². The zero-order valence-electron chi connectivity index (χ0n) is 11.0. The van der Waals surface area contributed by atoms with E-state index in [2.05, 4.69) is 0 Å². The zero-order chi connectivity index (χ0) is 19.4. The van der Waals surface area contributed by atoms with Crippen LogP contribution in [0.2, 0.25) is 0 Å². The van der Waals surface area contributed by atoms with Gasteiger partial charge in [0.1, 0.15) is 11.4 Å². The normalized spacial score (nSPS) is 12.0. The van der Waals surface area contributed by atoms with Crippen LogP contribution in [0.3, 0.4) is 0 Å². The van der Waals surface area contributed by atoms with E-state index in [-0.39, 0.29) is 0 Å². The van der Waals surface area contributed by atoms with E-state index in [4.69, 9.17) is 0 Å². The van der Waals surface area contributed by atoms with Crippen molar-refractivity contribution in [2.75, 3.05) is 0 Å². The molecule has 0 atom stereocenters. The molecular weight excluding hydrogens is 384 g/mol. The van der Waals surface area contributed by atoms with Crippen LogP contribution in [-0.2, 0) is 6.18 Å². The highest BCUT2D eigenvalue weighted by Crippen LogP contribution is 2.42. The molecule has 0 saturated heterocycles. The number of halogens is 12. The molecule has 0 N–H and O–H groups in total. The van der Waals surface area contributed by atoms with E-state index in [0.717, 1.165) is 0 Å². The van der Waals surface area contributed by atoms with Crippen LogP contribution in [0.15, 0.2) is 0 Å². The molecule has 0 heterocycles. The van der Waals surface area contributed by atoms with Crippen LogP contribution in [0.5, 0.6) is 0 Å². The van der Waals surface area contributed by atoms with Gasteiger partial charge in [0.25, 0.3) is 0 Å². The smallest absolute Gasteiger partial charge is 0.205 e. The molecule has 0 aliphatic carbocycles. The number of benzene rings is 2. The maximum absolute atomic E-state index is 13.8. The summed E-state index contributed by atoms with van der Waals surface area (Å²) in [7, 11) is 0. The monoisotopic (exact) mass is 384 g/mol. The van der Waals surface area contributed by atoms with Crippen molar-refractivity contribution in [2.45, 2.75) is 6.18 Å². The third-order valence-electron chi connectivity index (χ3n) is 3.01. The lowest BCUT2D eigenvalue weighted by Gasteiger charge is -2.16. The summed E-state index contributed by atoms with van der Waals surface area (Å²) >= 11 is 0. The summed E-state index contributed by atoms with van der Waals surface area (Å²) in [5, 5.41) is 0. The summed E-state index contributed by atoms with van der Waals surface area (Å²) in [4.78, 5) is 0. The molecule has 0 saturated carbocycles. The molecular formula is C13F12. The Balaban J connectivity index is 3.09. The summed E-state index contributed by atoms with van der Waals surface area (Å²) in [6.45, 7) is 0. The Morgan fingerprint density at radius 1 is 0.360 bits per heavy atom. The minimum atomic E-state index is -6.01. The quantitative estimate of drug-likeness (QED) is 0.340. The minimum absolute atomic E-state index is 2.52. The van der Waals surface area contributed by atoms with Crippen molar-refractivity contribution in [3.63, 3.8) is 0 Å². The van der Waals surface area contributed by atoms with Crippen molar-refractivity contribution < 1.29 is 52.7 Å². The second-order valence-electron chi connectivity index (χ2n) is 4.45. The predicted octanol–water partition coefficient (Wildman–Crippen LogP) is 5.62. The Bertz CT molecular complexity index is 851. The second kappa shape index (κ2) is 5.85. The van der Waals surface area contributed by atoms with E-state index in [1.165, 1.54) is 0 Å². The van der Waals surface area contributed by atoms with Crippen LogP contribution < -0.4 is 0 Å². The van der Waals surface area contributed by atoms with Crippen molar-refractivity contribution in [1.29, 1.82) is 0 Å². The molecule has 12 heteroatoms. The van der Waals surface area contributed by atoms with Gasteiger partial charge in [-0.05, 0) is 0 Å². The van der Waals surface area contributed by atoms with Gasteiger partial charge in [-0.25, -0.2) is 39.5 Å². The molecule has 2 rings (SSSR count). The first kappa shape index (κ1) is 18.9. The molecule has 0 bridgehead atoms. The van der Waals surface area contributed by atoms with Crippen LogP contribution >= 0.6 is 0 Å². The number of alkyl halides is 3. The summed E-state index contributed by atoms with van der Waals surface area (Å²) in [5.41, 5.74) is -8.22. The van der Waals surface area contributed by atoms with Crippen molar-refractivity contribution in [3.05, 3.63) is 57.9 Å². The van der Waals surface area contributed by atoms with E-state index >= 15 is 0 Å². The van der Waals surface area contributed by atoms with Crippen LogP contribution in [0.4, 0.5) is 52.7 Å². The predicted molar refractivity (Wildman–Crippen MR) is 56.5 cm³/mol. The highest BCUT2D eigenvalue weighted by atomic mass is 19.4. The fourth-order valence-corrected chi connectivity index (χ4v) is 1.93. The number of hydrogen-bond acceptors (Lipinski definition) is 0. The van der Waals surface area contributed by atoms with E-state index in [9.17, 15) is 52.7 Å². The first-order valence-electron chi connectivity index (χ1n) is 5.77. The Labute approximate surface area is 129 Å². The maximum Gasteiger partial charge on any atom is 0.422 e. The van der Waals surface area contributed by atoms with Gasteiger partial charge in [0.2, 0.25) is 5.82 Å². The molecule has 0 unspecified atom stereocenters. The SMILES string of the molecule is Fc1c(F)c(F)c(-c2c(F)c(F)c(F)c(C(F)(F)F)c2F)c(F)c1F. The third kappa shape index (κ3) is 2.68. The Morgan fingerprint density at radius 3 is 1.00 bits per heavy atom. The average molecular weight is 384 g/mol. The standard InChI is InChI=1S/C13F12/c14-4-1(2-6(16)10(20)12(22)11(21)7(2)17)5(15)9(19)8(18)3(4)13(23,24)25. The maximum atomic E-state index is 13.8. The molecule has 136 valence electrons. The fraction of sp³-hybridized carbons (Fsp3) is 0.0769. The van der Waals surface area contributed by atoms with Gasteiger partial charge in [-0.2, -0.15) is 13.2 Å². The third-order valence-corrected chi connectivity index (χ3v) is 3.01. The van der Waals surface area contributed by atoms with Crippen molar-refractivity contribution in [2.24, 2.45) is 0 Å². The molecule has 0 spiro atoms. The van der Waals surface area contributed by atoms with Gasteiger partial charge in [0.05, 0.1) is 11.1 Å². The lowest BCUT2D eigenvalue weighted by molar-refractivity contribution is -0.142. The average Bonchev–Trinajstić information content (AvgIpc) is 2.51.